The molecule has 148 valence electrons. The second kappa shape index (κ2) is 8.53. The zero-order valence-corrected chi connectivity index (χ0v) is 16.9. The minimum atomic E-state index is -0.140. The van der Waals surface area contributed by atoms with Crippen molar-refractivity contribution in [1.29, 1.82) is 0 Å². The van der Waals surface area contributed by atoms with Crippen LogP contribution in [0.25, 0.3) is 11.3 Å². The lowest BCUT2D eigenvalue weighted by atomic mass is 10.2. The number of rotatable bonds is 7. The van der Waals surface area contributed by atoms with Crippen LogP contribution in [0.2, 0.25) is 0 Å². The molecule has 1 heterocycles. The van der Waals surface area contributed by atoms with E-state index in [1.54, 1.807) is 24.3 Å². The minimum Gasteiger partial charge on any atom is -0.349 e. The normalized spacial score (nSPS) is 13.1. The van der Waals surface area contributed by atoms with Crippen molar-refractivity contribution >= 4 is 29.3 Å². The molecule has 6 nitrogen and oxygen atoms in total. The van der Waals surface area contributed by atoms with E-state index in [1.807, 2.05) is 48.1 Å². The number of carbonyl (C=O) groups is 2. The average Bonchev–Trinajstić information content (AvgIpc) is 3.47. The first kappa shape index (κ1) is 19.3. The van der Waals surface area contributed by atoms with E-state index in [9.17, 15) is 9.59 Å². The molecule has 0 spiro atoms. The predicted molar refractivity (Wildman–Crippen MR) is 115 cm³/mol. The molecule has 0 atom stereocenters. The Morgan fingerprint density at radius 2 is 1.93 bits per heavy atom. The lowest BCUT2D eigenvalue weighted by molar-refractivity contribution is -0.113. The van der Waals surface area contributed by atoms with Gasteiger partial charge >= 0.3 is 0 Å². The van der Waals surface area contributed by atoms with Crippen LogP contribution in [0, 0.1) is 0 Å². The number of nitrogens with zero attached hydrogens (tertiary/aromatic N) is 2. The quantitative estimate of drug-likeness (QED) is 0.587. The molecule has 7 heteroatoms. The first-order valence-electron chi connectivity index (χ1n) is 9.51. The van der Waals surface area contributed by atoms with Gasteiger partial charge in [-0.1, -0.05) is 48.2 Å². The van der Waals surface area contributed by atoms with Gasteiger partial charge in [-0.05, 0) is 36.6 Å². The second-order valence-electron chi connectivity index (χ2n) is 7.02. The highest BCUT2D eigenvalue weighted by Gasteiger charge is 2.23. The molecule has 1 aromatic heterocycles. The summed E-state index contributed by atoms with van der Waals surface area (Å²) >= 11 is 1.38. The summed E-state index contributed by atoms with van der Waals surface area (Å²) in [7, 11) is 1.94. The SMILES string of the molecule is Cn1c(-c2ccccc2)cnc1SCC(=O)Nc1cccc(C(=O)NC2CC2)c1. The molecule has 1 aliphatic rings. The van der Waals surface area contributed by atoms with Gasteiger partial charge in [-0.3, -0.25) is 9.59 Å². The Hall–Kier alpha value is -3.06. The third-order valence-corrected chi connectivity index (χ3v) is 5.71. The van der Waals surface area contributed by atoms with Crippen molar-refractivity contribution in [2.24, 2.45) is 7.05 Å². The van der Waals surface area contributed by atoms with Gasteiger partial charge in [-0.2, -0.15) is 0 Å². The molecule has 3 aromatic rings. The van der Waals surface area contributed by atoms with Crippen LogP contribution >= 0.6 is 11.8 Å². The van der Waals surface area contributed by atoms with Crippen molar-refractivity contribution < 1.29 is 9.59 Å². The van der Waals surface area contributed by atoms with Crippen molar-refractivity contribution in [1.82, 2.24) is 14.9 Å². The first-order chi connectivity index (χ1) is 14.1. The Morgan fingerprint density at radius 3 is 2.69 bits per heavy atom. The smallest absolute Gasteiger partial charge is 0.251 e. The van der Waals surface area contributed by atoms with Crippen molar-refractivity contribution in [3.8, 4) is 11.3 Å². The number of nitrogens with one attached hydrogen (secondary N) is 2. The molecule has 1 fully saturated rings. The van der Waals surface area contributed by atoms with Crippen LogP contribution in [0.15, 0.2) is 66.0 Å². The number of amides is 2. The first-order valence-corrected chi connectivity index (χ1v) is 10.5. The van der Waals surface area contributed by atoms with E-state index < -0.39 is 0 Å². The molecular weight excluding hydrogens is 384 g/mol. The van der Waals surface area contributed by atoms with Crippen LogP contribution in [0.1, 0.15) is 23.2 Å². The maximum atomic E-state index is 12.4. The van der Waals surface area contributed by atoms with Gasteiger partial charge in [0.15, 0.2) is 5.16 Å². The van der Waals surface area contributed by atoms with Gasteiger partial charge in [-0.15, -0.1) is 0 Å². The Morgan fingerprint density at radius 1 is 1.14 bits per heavy atom. The van der Waals surface area contributed by atoms with E-state index in [4.69, 9.17) is 0 Å². The van der Waals surface area contributed by atoms with Gasteiger partial charge in [0.05, 0.1) is 17.6 Å². The number of imidazole rings is 1. The molecule has 4 rings (SSSR count). The monoisotopic (exact) mass is 406 g/mol. The predicted octanol–water partition coefficient (Wildman–Crippen LogP) is 3.71. The largest absolute Gasteiger partial charge is 0.349 e. The lowest BCUT2D eigenvalue weighted by Crippen LogP contribution is -2.25. The van der Waals surface area contributed by atoms with Gasteiger partial charge in [0.1, 0.15) is 0 Å². The summed E-state index contributed by atoms with van der Waals surface area (Å²) in [6.45, 7) is 0. The standard InChI is InChI=1S/C22H22N4O2S/c1-26-19(15-6-3-2-4-7-15)13-23-22(26)29-14-20(27)24-18-9-5-8-16(12-18)21(28)25-17-10-11-17/h2-9,12-13,17H,10-11,14H2,1H3,(H,24,27)(H,25,28). The molecule has 1 aliphatic carbocycles. The maximum absolute atomic E-state index is 12.4. The third-order valence-electron chi connectivity index (χ3n) is 4.67. The highest BCUT2D eigenvalue weighted by Crippen LogP contribution is 2.25. The van der Waals surface area contributed by atoms with E-state index in [-0.39, 0.29) is 17.6 Å². The minimum absolute atomic E-state index is 0.0978. The summed E-state index contributed by atoms with van der Waals surface area (Å²) in [6.07, 6.45) is 3.90. The van der Waals surface area contributed by atoms with Crippen LogP contribution in [0.3, 0.4) is 0 Å². The number of anilines is 1. The summed E-state index contributed by atoms with van der Waals surface area (Å²) in [4.78, 5) is 29.0. The molecular formula is C22H22N4O2S. The van der Waals surface area contributed by atoms with Crippen LogP contribution in [0.4, 0.5) is 5.69 Å². The van der Waals surface area contributed by atoms with Gasteiger partial charge in [0, 0.05) is 24.3 Å². The average molecular weight is 407 g/mol. The Labute approximate surface area is 173 Å². The fourth-order valence-corrected chi connectivity index (χ4v) is 3.72. The van der Waals surface area contributed by atoms with Crippen molar-refractivity contribution in [3.63, 3.8) is 0 Å². The molecule has 0 aliphatic heterocycles. The number of benzene rings is 2. The molecule has 2 amide bonds. The third kappa shape index (κ3) is 4.86. The summed E-state index contributed by atoms with van der Waals surface area (Å²) in [5.41, 5.74) is 3.26. The van der Waals surface area contributed by atoms with Gasteiger partial charge in [0.2, 0.25) is 5.91 Å². The van der Waals surface area contributed by atoms with Gasteiger partial charge < -0.3 is 15.2 Å². The Balaban J connectivity index is 1.35. The van der Waals surface area contributed by atoms with Crippen LogP contribution in [-0.4, -0.2) is 33.2 Å². The Bertz CT molecular complexity index is 1030. The summed E-state index contributed by atoms with van der Waals surface area (Å²) < 4.78 is 1.98. The zero-order valence-electron chi connectivity index (χ0n) is 16.1. The van der Waals surface area contributed by atoms with Crippen LogP contribution < -0.4 is 10.6 Å². The molecule has 29 heavy (non-hydrogen) atoms. The molecule has 0 radical (unpaired) electrons. The van der Waals surface area contributed by atoms with E-state index in [0.717, 1.165) is 29.3 Å². The summed E-state index contributed by atoms with van der Waals surface area (Å²) in [6, 6.07) is 17.3. The topological polar surface area (TPSA) is 76.0 Å². The van der Waals surface area contributed by atoms with Crippen molar-refractivity contribution in [3.05, 3.63) is 66.4 Å². The maximum Gasteiger partial charge on any atom is 0.251 e. The summed E-state index contributed by atoms with van der Waals surface area (Å²) in [5, 5.41) is 6.58. The molecule has 1 saturated carbocycles. The number of aromatic nitrogens is 2. The number of thioether (sulfide) groups is 1. The summed E-state index contributed by atoms with van der Waals surface area (Å²) in [5.74, 6) is -0.00385. The fourth-order valence-electron chi connectivity index (χ4n) is 2.97. The molecule has 0 saturated heterocycles. The lowest BCUT2D eigenvalue weighted by Gasteiger charge is -2.08. The van der Waals surface area contributed by atoms with E-state index in [1.165, 1.54) is 11.8 Å². The van der Waals surface area contributed by atoms with Crippen molar-refractivity contribution in [2.45, 2.75) is 24.0 Å². The van der Waals surface area contributed by atoms with Crippen molar-refractivity contribution in [2.75, 3.05) is 11.1 Å². The van der Waals surface area contributed by atoms with Crippen LogP contribution in [0.5, 0.6) is 0 Å². The van der Waals surface area contributed by atoms with Gasteiger partial charge in [0.25, 0.3) is 5.91 Å². The molecule has 2 N–H and O–H groups in total. The molecule has 0 unspecified atom stereocenters. The van der Waals surface area contributed by atoms with E-state index >= 15 is 0 Å². The van der Waals surface area contributed by atoms with Gasteiger partial charge in [-0.25, -0.2) is 4.98 Å². The molecule has 0 bridgehead atoms. The number of hydrogen-bond donors (Lipinski definition) is 2. The number of carbonyl (C=O) groups excluding carboxylic acids is 2. The van der Waals surface area contributed by atoms with E-state index in [2.05, 4.69) is 15.6 Å². The zero-order chi connectivity index (χ0) is 20.2. The Kier molecular flexibility index (Phi) is 5.67. The highest BCUT2D eigenvalue weighted by molar-refractivity contribution is 7.99. The fraction of sp³-hybridized carbons (Fsp3) is 0.227. The van der Waals surface area contributed by atoms with Crippen LogP contribution in [-0.2, 0) is 11.8 Å². The highest BCUT2D eigenvalue weighted by atomic mass is 32.2. The second-order valence-corrected chi connectivity index (χ2v) is 7.96. The molecule has 2 aromatic carbocycles. The van der Waals surface area contributed by atoms with E-state index in [0.29, 0.717) is 17.3 Å². The number of hydrogen-bond acceptors (Lipinski definition) is 4.